The van der Waals surface area contributed by atoms with Crippen LogP contribution in [0, 0.1) is 5.92 Å². The van der Waals surface area contributed by atoms with Gasteiger partial charge in [-0.2, -0.15) is 0 Å². The summed E-state index contributed by atoms with van der Waals surface area (Å²) in [6, 6.07) is 0. The van der Waals surface area contributed by atoms with E-state index in [0.717, 1.165) is 25.7 Å². The summed E-state index contributed by atoms with van der Waals surface area (Å²) in [6.07, 6.45) is 7.22. The fourth-order valence-electron chi connectivity index (χ4n) is 1.86. The van der Waals surface area contributed by atoms with E-state index in [-0.39, 0.29) is 5.92 Å². The molecule has 0 aliphatic rings. The van der Waals surface area contributed by atoms with Crippen molar-refractivity contribution in [2.24, 2.45) is 5.92 Å². The predicted molar refractivity (Wildman–Crippen MR) is 58.6 cm³/mol. The quantitative estimate of drug-likeness (QED) is 0.599. The molecular weight excluding hydrogens is 160 g/mol. The Hall–Kier alpha value is -0.560. The topological polar surface area (TPSA) is 20.2 Å². The van der Waals surface area contributed by atoms with Crippen molar-refractivity contribution in [3.63, 3.8) is 0 Å². The molecule has 0 saturated heterocycles. The highest BCUT2D eigenvalue weighted by molar-refractivity contribution is 5.04. The Morgan fingerprint density at radius 2 is 1.54 bits per heavy atom. The zero-order chi connectivity index (χ0) is 10.3. The molecule has 0 atom stereocenters. The first kappa shape index (κ1) is 12.4. The van der Waals surface area contributed by atoms with Crippen LogP contribution < -0.4 is 0 Å². The summed E-state index contributed by atoms with van der Waals surface area (Å²) in [4.78, 5) is 0. The molecule has 0 amide bonds. The molecular formula is C12H22O. The molecule has 0 aliphatic carbocycles. The summed E-state index contributed by atoms with van der Waals surface area (Å²) >= 11 is 0. The predicted octanol–water partition coefficient (Wildman–Crippen LogP) is 3.31. The van der Waals surface area contributed by atoms with Crippen molar-refractivity contribution in [3.05, 3.63) is 25.3 Å². The Balaban J connectivity index is 4.51. The monoisotopic (exact) mass is 182 g/mol. The van der Waals surface area contributed by atoms with Crippen LogP contribution in [-0.4, -0.2) is 10.7 Å². The van der Waals surface area contributed by atoms with Crippen LogP contribution in [-0.2, 0) is 0 Å². The molecule has 0 rings (SSSR count). The first-order chi connectivity index (χ1) is 6.14. The van der Waals surface area contributed by atoms with Crippen LogP contribution in [0.5, 0.6) is 0 Å². The molecule has 0 saturated carbocycles. The van der Waals surface area contributed by atoms with Gasteiger partial charge in [0.1, 0.15) is 0 Å². The van der Waals surface area contributed by atoms with E-state index in [1.165, 1.54) is 0 Å². The molecule has 0 aromatic rings. The lowest BCUT2D eigenvalue weighted by atomic mass is 9.80. The second kappa shape index (κ2) is 5.98. The molecule has 13 heavy (non-hydrogen) atoms. The average Bonchev–Trinajstić information content (AvgIpc) is 2.07. The molecule has 1 heteroatoms. The third-order valence-corrected chi connectivity index (χ3v) is 2.49. The molecule has 76 valence electrons. The van der Waals surface area contributed by atoms with E-state index in [1.807, 2.05) is 0 Å². The van der Waals surface area contributed by atoms with E-state index in [4.69, 9.17) is 0 Å². The molecule has 0 bridgehead atoms. The maximum Gasteiger partial charge on any atom is 0.0744 e. The van der Waals surface area contributed by atoms with Crippen molar-refractivity contribution in [2.75, 3.05) is 0 Å². The molecule has 0 heterocycles. The summed E-state index contributed by atoms with van der Waals surface area (Å²) < 4.78 is 0. The third-order valence-electron chi connectivity index (χ3n) is 2.49. The van der Waals surface area contributed by atoms with E-state index in [1.54, 1.807) is 12.2 Å². The van der Waals surface area contributed by atoms with Crippen LogP contribution >= 0.6 is 0 Å². The lowest BCUT2D eigenvalue weighted by Gasteiger charge is -2.32. The van der Waals surface area contributed by atoms with Crippen LogP contribution in [0.4, 0.5) is 0 Å². The first-order valence-corrected chi connectivity index (χ1v) is 5.12. The summed E-state index contributed by atoms with van der Waals surface area (Å²) in [5.74, 6) is 0.0207. The highest BCUT2D eigenvalue weighted by atomic mass is 16.3. The Bertz CT molecular complexity index is 147. The summed E-state index contributed by atoms with van der Waals surface area (Å²) in [5, 5.41) is 10.3. The van der Waals surface area contributed by atoms with Crippen molar-refractivity contribution in [2.45, 2.75) is 45.1 Å². The maximum atomic E-state index is 10.3. The number of hydrogen-bond donors (Lipinski definition) is 1. The van der Waals surface area contributed by atoms with Gasteiger partial charge in [0.15, 0.2) is 0 Å². The average molecular weight is 182 g/mol. The fraction of sp³-hybridized carbons (Fsp3) is 0.667. The molecule has 0 spiro atoms. The second-order valence-corrected chi connectivity index (χ2v) is 3.60. The zero-order valence-corrected chi connectivity index (χ0v) is 8.92. The second-order valence-electron chi connectivity index (χ2n) is 3.60. The van der Waals surface area contributed by atoms with Crippen molar-refractivity contribution < 1.29 is 5.11 Å². The summed E-state index contributed by atoms with van der Waals surface area (Å²) in [5.41, 5.74) is -0.618. The Labute approximate surface area is 82.2 Å². The minimum absolute atomic E-state index is 0.0207. The fourth-order valence-corrected chi connectivity index (χ4v) is 1.86. The van der Waals surface area contributed by atoms with Gasteiger partial charge < -0.3 is 5.11 Å². The summed E-state index contributed by atoms with van der Waals surface area (Å²) in [7, 11) is 0. The molecule has 1 N–H and O–H groups in total. The minimum Gasteiger partial charge on any atom is -0.389 e. The molecule has 0 radical (unpaired) electrons. The Morgan fingerprint density at radius 1 is 1.15 bits per heavy atom. The van der Waals surface area contributed by atoms with E-state index >= 15 is 0 Å². The Morgan fingerprint density at radius 3 is 1.77 bits per heavy atom. The van der Waals surface area contributed by atoms with Gasteiger partial charge in [-0.05, 0) is 12.8 Å². The molecule has 1 nitrogen and oxygen atoms in total. The first-order valence-electron chi connectivity index (χ1n) is 5.12. The van der Waals surface area contributed by atoms with Crippen molar-refractivity contribution in [1.82, 2.24) is 0 Å². The smallest absolute Gasteiger partial charge is 0.0744 e. The number of hydrogen-bond acceptors (Lipinski definition) is 1. The molecule has 0 unspecified atom stereocenters. The van der Waals surface area contributed by atoms with Gasteiger partial charge in [-0.15, -0.1) is 13.2 Å². The van der Waals surface area contributed by atoms with Gasteiger partial charge >= 0.3 is 0 Å². The highest BCUT2D eigenvalue weighted by Gasteiger charge is 2.30. The lowest BCUT2D eigenvalue weighted by molar-refractivity contribution is -0.00247. The number of aliphatic hydroxyl groups is 1. The van der Waals surface area contributed by atoms with Gasteiger partial charge in [0.25, 0.3) is 0 Å². The van der Waals surface area contributed by atoms with Gasteiger partial charge in [0.05, 0.1) is 5.60 Å². The maximum absolute atomic E-state index is 10.3. The minimum atomic E-state index is -0.618. The molecule has 0 fully saturated rings. The van der Waals surface area contributed by atoms with E-state index in [2.05, 4.69) is 27.0 Å². The molecule has 0 aliphatic heterocycles. The largest absolute Gasteiger partial charge is 0.389 e. The lowest BCUT2D eigenvalue weighted by Crippen LogP contribution is -2.35. The number of rotatable bonds is 7. The highest BCUT2D eigenvalue weighted by Crippen LogP contribution is 2.29. The van der Waals surface area contributed by atoms with Crippen LogP contribution in [0.2, 0.25) is 0 Å². The van der Waals surface area contributed by atoms with Gasteiger partial charge in [-0.1, -0.05) is 38.8 Å². The standard InChI is InChI=1S/C12H22O/c1-5-9-12(13,10-6-2)11(7-3)8-4/h7-8,11,13H,3-6,9-10H2,1-2H3. The van der Waals surface area contributed by atoms with E-state index in [0.29, 0.717) is 0 Å². The van der Waals surface area contributed by atoms with Gasteiger partial charge in [0.2, 0.25) is 0 Å². The van der Waals surface area contributed by atoms with Crippen LogP contribution in [0.3, 0.4) is 0 Å². The van der Waals surface area contributed by atoms with Crippen molar-refractivity contribution in [1.29, 1.82) is 0 Å². The Kier molecular flexibility index (Phi) is 5.72. The van der Waals surface area contributed by atoms with E-state index in [9.17, 15) is 5.11 Å². The van der Waals surface area contributed by atoms with Gasteiger partial charge in [-0.25, -0.2) is 0 Å². The van der Waals surface area contributed by atoms with Gasteiger partial charge in [-0.3, -0.25) is 0 Å². The third kappa shape index (κ3) is 3.35. The van der Waals surface area contributed by atoms with Crippen molar-refractivity contribution >= 4 is 0 Å². The van der Waals surface area contributed by atoms with E-state index < -0.39 is 5.60 Å². The molecule has 0 aromatic heterocycles. The van der Waals surface area contributed by atoms with Crippen molar-refractivity contribution in [3.8, 4) is 0 Å². The molecule has 0 aromatic carbocycles. The van der Waals surface area contributed by atoms with Crippen LogP contribution in [0.15, 0.2) is 25.3 Å². The SMILES string of the molecule is C=CC(C=C)C(O)(CCC)CCC. The van der Waals surface area contributed by atoms with Crippen LogP contribution in [0.25, 0.3) is 0 Å². The zero-order valence-electron chi connectivity index (χ0n) is 8.92. The van der Waals surface area contributed by atoms with Gasteiger partial charge in [0, 0.05) is 5.92 Å². The van der Waals surface area contributed by atoms with Crippen LogP contribution in [0.1, 0.15) is 39.5 Å². The normalized spacial score (nSPS) is 11.7. The summed E-state index contributed by atoms with van der Waals surface area (Å²) in [6.45, 7) is 11.6.